The van der Waals surface area contributed by atoms with Crippen LogP contribution in [0.3, 0.4) is 0 Å². The second-order valence-electron chi connectivity index (χ2n) is 2.99. The molecule has 0 fully saturated rings. The lowest BCUT2D eigenvalue weighted by molar-refractivity contribution is -0.146. The van der Waals surface area contributed by atoms with Crippen LogP contribution in [0, 0.1) is 0 Å². The number of carboxylic acids is 1. The monoisotopic (exact) mass is 258 g/mol. The van der Waals surface area contributed by atoms with Crippen molar-refractivity contribution in [3.63, 3.8) is 0 Å². The van der Waals surface area contributed by atoms with Crippen LogP contribution in [0.15, 0.2) is 22.7 Å². The molecule has 14 heavy (non-hydrogen) atoms. The predicted molar refractivity (Wildman–Crippen MR) is 56.1 cm³/mol. The average molecular weight is 259 g/mol. The van der Waals surface area contributed by atoms with E-state index in [4.69, 9.17) is 5.11 Å². The summed E-state index contributed by atoms with van der Waals surface area (Å²) in [6.07, 6.45) is -0.642. The highest BCUT2D eigenvalue weighted by Crippen LogP contribution is 2.21. The molecule has 0 aliphatic carbocycles. The summed E-state index contributed by atoms with van der Waals surface area (Å²) in [7, 11) is 0. The van der Waals surface area contributed by atoms with Gasteiger partial charge in [0, 0.05) is 4.47 Å². The summed E-state index contributed by atoms with van der Waals surface area (Å²) in [6.45, 7) is 1.97. The van der Waals surface area contributed by atoms with Crippen molar-refractivity contribution in [1.29, 1.82) is 0 Å². The highest BCUT2D eigenvalue weighted by Gasteiger charge is 2.16. The largest absolute Gasteiger partial charge is 0.479 e. The van der Waals surface area contributed by atoms with E-state index < -0.39 is 12.1 Å². The van der Waals surface area contributed by atoms with Gasteiger partial charge in [-0.3, -0.25) is 0 Å². The maximum Gasteiger partial charge on any atom is 0.337 e. The number of rotatable bonds is 3. The molecule has 0 spiro atoms. The fourth-order valence-corrected chi connectivity index (χ4v) is 1.74. The summed E-state index contributed by atoms with van der Waals surface area (Å²) in [4.78, 5) is 10.5. The van der Waals surface area contributed by atoms with Gasteiger partial charge in [0.05, 0.1) is 0 Å². The summed E-state index contributed by atoms with van der Waals surface area (Å²) in [5.41, 5.74) is 1.40. The molecule has 2 N–H and O–H groups in total. The molecule has 3 nitrogen and oxygen atoms in total. The van der Waals surface area contributed by atoms with Gasteiger partial charge in [-0.2, -0.15) is 0 Å². The van der Waals surface area contributed by atoms with Crippen molar-refractivity contribution in [2.45, 2.75) is 19.4 Å². The first kappa shape index (κ1) is 11.2. The number of hydrogen-bond acceptors (Lipinski definition) is 2. The smallest absolute Gasteiger partial charge is 0.337 e. The Morgan fingerprint density at radius 3 is 2.64 bits per heavy atom. The second kappa shape index (κ2) is 4.57. The number of carbonyl (C=O) groups is 1. The summed E-state index contributed by atoms with van der Waals surface area (Å²) in [5, 5.41) is 17.9. The van der Waals surface area contributed by atoms with Crippen LogP contribution < -0.4 is 0 Å². The van der Waals surface area contributed by atoms with Gasteiger partial charge in [-0.1, -0.05) is 28.9 Å². The third-order valence-electron chi connectivity index (χ3n) is 1.94. The number of aliphatic hydroxyl groups is 1. The highest BCUT2D eigenvalue weighted by molar-refractivity contribution is 9.10. The molecule has 0 aromatic heterocycles. The molecule has 0 radical (unpaired) electrons. The highest BCUT2D eigenvalue weighted by atomic mass is 79.9. The summed E-state index contributed by atoms with van der Waals surface area (Å²) >= 11 is 3.27. The Kier molecular flexibility index (Phi) is 3.66. The number of aryl methyl sites for hydroxylation is 1. The third-order valence-corrected chi connectivity index (χ3v) is 2.40. The lowest BCUT2D eigenvalue weighted by Crippen LogP contribution is -2.10. The van der Waals surface area contributed by atoms with Gasteiger partial charge in [-0.25, -0.2) is 4.79 Å². The Bertz CT molecular complexity index is 349. The maximum absolute atomic E-state index is 10.5. The molecular formula is C10H11BrO3. The van der Waals surface area contributed by atoms with Crippen LogP contribution in [0.2, 0.25) is 0 Å². The second-order valence-corrected chi connectivity index (χ2v) is 3.90. The van der Waals surface area contributed by atoms with Gasteiger partial charge in [0.1, 0.15) is 0 Å². The first-order chi connectivity index (χ1) is 6.54. The minimum absolute atomic E-state index is 0.406. The molecule has 0 aliphatic rings. The first-order valence-corrected chi connectivity index (χ1v) is 5.04. The standard InChI is InChI=1S/C10H11BrO3/c1-2-6-3-7(5-8(11)4-6)9(12)10(13)14/h3-5,9,12H,2H2,1H3,(H,13,14). The third kappa shape index (κ3) is 2.56. The Hall–Kier alpha value is -0.870. The molecule has 4 heteroatoms. The van der Waals surface area contributed by atoms with Gasteiger partial charge in [0.2, 0.25) is 0 Å². The fourth-order valence-electron chi connectivity index (χ4n) is 1.18. The van der Waals surface area contributed by atoms with Crippen molar-refractivity contribution in [1.82, 2.24) is 0 Å². The van der Waals surface area contributed by atoms with Gasteiger partial charge < -0.3 is 10.2 Å². The van der Waals surface area contributed by atoms with Crippen LogP contribution >= 0.6 is 15.9 Å². The van der Waals surface area contributed by atoms with E-state index in [1.807, 2.05) is 13.0 Å². The number of halogens is 1. The average Bonchev–Trinajstić information content (AvgIpc) is 2.15. The van der Waals surface area contributed by atoms with Crippen LogP contribution in [0.4, 0.5) is 0 Å². The van der Waals surface area contributed by atoms with E-state index in [1.54, 1.807) is 12.1 Å². The van der Waals surface area contributed by atoms with Gasteiger partial charge >= 0.3 is 5.97 Å². The zero-order valence-corrected chi connectivity index (χ0v) is 9.28. The quantitative estimate of drug-likeness (QED) is 0.874. The van der Waals surface area contributed by atoms with E-state index >= 15 is 0 Å². The molecule has 1 unspecified atom stereocenters. The van der Waals surface area contributed by atoms with Crippen molar-refractivity contribution in [3.05, 3.63) is 33.8 Å². The number of hydrogen-bond donors (Lipinski definition) is 2. The Balaban J connectivity index is 3.08. The van der Waals surface area contributed by atoms with Gasteiger partial charge in [-0.05, 0) is 29.7 Å². The molecule has 1 aromatic carbocycles. The Labute approximate surface area is 90.5 Å². The van der Waals surface area contributed by atoms with Crippen molar-refractivity contribution in [2.24, 2.45) is 0 Å². The number of carboxylic acid groups (broad SMARTS) is 1. The maximum atomic E-state index is 10.5. The van der Waals surface area contributed by atoms with E-state index in [1.165, 1.54) is 0 Å². The summed E-state index contributed by atoms with van der Waals surface area (Å²) in [6, 6.07) is 5.21. The van der Waals surface area contributed by atoms with Gasteiger partial charge in [0.25, 0.3) is 0 Å². The molecule has 1 rings (SSSR count). The summed E-state index contributed by atoms with van der Waals surface area (Å²) < 4.78 is 0.784. The van der Waals surface area contributed by atoms with Crippen molar-refractivity contribution in [3.8, 4) is 0 Å². The SMILES string of the molecule is CCc1cc(Br)cc(C(O)C(=O)O)c1. The van der Waals surface area contributed by atoms with Crippen LogP contribution in [0.25, 0.3) is 0 Å². The van der Waals surface area contributed by atoms with Gasteiger partial charge in [0.15, 0.2) is 6.10 Å². The Morgan fingerprint density at radius 1 is 1.50 bits per heavy atom. The van der Waals surface area contributed by atoms with Gasteiger partial charge in [-0.15, -0.1) is 0 Å². The zero-order chi connectivity index (χ0) is 10.7. The van der Waals surface area contributed by atoms with E-state index in [0.29, 0.717) is 5.56 Å². The molecule has 0 saturated heterocycles. The normalized spacial score (nSPS) is 12.5. The molecule has 0 aliphatic heterocycles. The number of benzene rings is 1. The molecule has 0 bridgehead atoms. The van der Waals surface area contributed by atoms with Crippen molar-refractivity contribution in [2.75, 3.05) is 0 Å². The first-order valence-electron chi connectivity index (χ1n) is 4.24. The molecule has 1 atom stereocenters. The molecule has 1 aromatic rings. The topological polar surface area (TPSA) is 57.5 Å². The van der Waals surface area contributed by atoms with E-state index in [9.17, 15) is 9.90 Å². The fraction of sp³-hybridized carbons (Fsp3) is 0.300. The van der Waals surface area contributed by atoms with E-state index in [-0.39, 0.29) is 0 Å². The van der Waals surface area contributed by atoms with Crippen molar-refractivity contribution < 1.29 is 15.0 Å². The molecule has 0 amide bonds. The predicted octanol–water partition coefficient (Wildman–Crippen LogP) is 2.13. The Morgan fingerprint density at radius 2 is 2.14 bits per heavy atom. The number of aliphatic hydroxyl groups excluding tert-OH is 1. The van der Waals surface area contributed by atoms with Crippen LogP contribution in [-0.2, 0) is 11.2 Å². The van der Waals surface area contributed by atoms with Crippen LogP contribution in [0.1, 0.15) is 24.2 Å². The zero-order valence-electron chi connectivity index (χ0n) is 7.70. The van der Waals surface area contributed by atoms with Crippen LogP contribution in [-0.4, -0.2) is 16.2 Å². The van der Waals surface area contributed by atoms with E-state index in [2.05, 4.69) is 15.9 Å². The number of aliphatic carboxylic acids is 1. The molecule has 76 valence electrons. The minimum atomic E-state index is -1.45. The van der Waals surface area contributed by atoms with Crippen molar-refractivity contribution >= 4 is 21.9 Å². The molecule has 0 heterocycles. The lowest BCUT2D eigenvalue weighted by atomic mass is 10.0. The van der Waals surface area contributed by atoms with Crippen LogP contribution in [0.5, 0.6) is 0 Å². The van der Waals surface area contributed by atoms with E-state index in [0.717, 1.165) is 16.5 Å². The summed E-state index contributed by atoms with van der Waals surface area (Å²) in [5.74, 6) is -1.23. The molecular weight excluding hydrogens is 248 g/mol. The lowest BCUT2D eigenvalue weighted by Gasteiger charge is -2.08. The minimum Gasteiger partial charge on any atom is -0.479 e. The molecule has 0 saturated carbocycles.